The van der Waals surface area contributed by atoms with Crippen molar-refractivity contribution in [2.45, 2.75) is 26.3 Å². The zero-order valence-electron chi connectivity index (χ0n) is 12.0. The Labute approximate surface area is 114 Å². The monoisotopic (exact) mass is 259 g/mol. The van der Waals surface area contributed by atoms with Crippen LogP contribution in [0.4, 0.5) is 0 Å². The lowest BCUT2D eigenvalue weighted by atomic mass is 9.97. The van der Waals surface area contributed by atoms with Gasteiger partial charge in [0.05, 0.1) is 24.8 Å². The lowest BCUT2D eigenvalue weighted by Crippen LogP contribution is -2.02. The molecule has 0 spiro atoms. The first-order valence-electron chi connectivity index (χ1n) is 6.47. The Morgan fingerprint density at radius 1 is 1.37 bits per heavy atom. The summed E-state index contributed by atoms with van der Waals surface area (Å²) in [6.07, 6.45) is 1.80. The predicted molar refractivity (Wildman–Crippen MR) is 77.2 cm³/mol. The summed E-state index contributed by atoms with van der Waals surface area (Å²) in [6.45, 7) is 4.77. The molecule has 1 aromatic heterocycles. The molecule has 19 heavy (non-hydrogen) atoms. The van der Waals surface area contributed by atoms with E-state index < -0.39 is 0 Å². The zero-order chi connectivity index (χ0) is 14.0. The highest BCUT2D eigenvalue weighted by atomic mass is 16.5. The first-order chi connectivity index (χ1) is 9.08. The van der Waals surface area contributed by atoms with Crippen LogP contribution in [-0.2, 0) is 13.6 Å². The van der Waals surface area contributed by atoms with Crippen LogP contribution >= 0.6 is 0 Å². The molecule has 0 fully saturated rings. The van der Waals surface area contributed by atoms with E-state index in [-0.39, 0.29) is 0 Å². The molecule has 2 aromatic rings. The Kier molecular flexibility index (Phi) is 3.90. The quantitative estimate of drug-likeness (QED) is 0.918. The minimum atomic E-state index is 0.407. The van der Waals surface area contributed by atoms with E-state index in [9.17, 15) is 0 Å². The molecular weight excluding hydrogens is 238 g/mol. The van der Waals surface area contributed by atoms with Gasteiger partial charge in [0.2, 0.25) is 0 Å². The molecule has 1 heterocycles. The highest BCUT2D eigenvalue weighted by molar-refractivity contribution is 5.65. The molecule has 102 valence electrons. The van der Waals surface area contributed by atoms with Gasteiger partial charge < -0.3 is 15.0 Å². The van der Waals surface area contributed by atoms with Crippen LogP contribution in [0.2, 0.25) is 0 Å². The molecule has 2 rings (SSSR count). The summed E-state index contributed by atoms with van der Waals surface area (Å²) < 4.78 is 7.43. The molecule has 0 atom stereocenters. The zero-order valence-corrected chi connectivity index (χ0v) is 12.0. The molecule has 0 unspecified atom stereocenters. The molecule has 4 nitrogen and oxygen atoms in total. The van der Waals surface area contributed by atoms with E-state index in [0.717, 1.165) is 22.7 Å². The van der Waals surface area contributed by atoms with Gasteiger partial charge in [0, 0.05) is 19.2 Å². The summed E-state index contributed by atoms with van der Waals surface area (Å²) in [5.41, 5.74) is 10.1. The Balaban J connectivity index is 2.57. The van der Waals surface area contributed by atoms with E-state index in [0.29, 0.717) is 12.5 Å². The molecular formula is C15H21N3O. The fourth-order valence-electron chi connectivity index (χ4n) is 2.33. The third-order valence-corrected chi connectivity index (χ3v) is 3.33. The number of hydrogen-bond acceptors (Lipinski definition) is 3. The van der Waals surface area contributed by atoms with Gasteiger partial charge in [0.15, 0.2) is 0 Å². The van der Waals surface area contributed by atoms with E-state index in [1.165, 1.54) is 5.56 Å². The van der Waals surface area contributed by atoms with Gasteiger partial charge in [0.1, 0.15) is 5.75 Å². The largest absolute Gasteiger partial charge is 0.496 e. The van der Waals surface area contributed by atoms with Gasteiger partial charge in [-0.3, -0.25) is 0 Å². The van der Waals surface area contributed by atoms with Crippen molar-refractivity contribution in [3.05, 3.63) is 35.8 Å². The van der Waals surface area contributed by atoms with Gasteiger partial charge in [-0.25, -0.2) is 4.98 Å². The molecule has 0 aliphatic heterocycles. The first-order valence-corrected chi connectivity index (χ1v) is 6.47. The smallest absolute Gasteiger partial charge is 0.122 e. The maximum atomic E-state index is 5.75. The SMILES string of the molecule is COc1ccc(-c2c(CN)ncn2C)cc1C(C)C. The van der Waals surface area contributed by atoms with Crippen molar-refractivity contribution in [1.82, 2.24) is 9.55 Å². The minimum Gasteiger partial charge on any atom is -0.496 e. The fourth-order valence-corrected chi connectivity index (χ4v) is 2.33. The number of hydrogen-bond donors (Lipinski definition) is 1. The average molecular weight is 259 g/mol. The molecule has 0 aliphatic carbocycles. The predicted octanol–water partition coefficient (Wildman–Crippen LogP) is 2.68. The number of aryl methyl sites for hydroxylation is 1. The van der Waals surface area contributed by atoms with Crippen LogP contribution in [0.3, 0.4) is 0 Å². The lowest BCUT2D eigenvalue weighted by Gasteiger charge is -2.14. The van der Waals surface area contributed by atoms with Crippen molar-refractivity contribution in [3.63, 3.8) is 0 Å². The number of benzene rings is 1. The molecule has 0 aliphatic rings. The molecule has 0 amide bonds. The first kappa shape index (κ1) is 13.6. The molecule has 0 saturated heterocycles. The highest BCUT2D eigenvalue weighted by Crippen LogP contribution is 2.32. The van der Waals surface area contributed by atoms with E-state index in [4.69, 9.17) is 10.5 Å². The summed E-state index contributed by atoms with van der Waals surface area (Å²) in [6, 6.07) is 6.23. The van der Waals surface area contributed by atoms with E-state index in [1.54, 1.807) is 13.4 Å². The van der Waals surface area contributed by atoms with Crippen molar-refractivity contribution in [2.75, 3.05) is 7.11 Å². The van der Waals surface area contributed by atoms with Crippen molar-refractivity contribution >= 4 is 0 Å². The second-order valence-corrected chi connectivity index (χ2v) is 4.97. The van der Waals surface area contributed by atoms with Crippen LogP contribution in [-0.4, -0.2) is 16.7 Å². The highest BCUT2D eigenvalue weighted by Gasteiger charge is 2.14. The van der Waals surface area contributed by atoms with E-state index >= 15 is 0 Å². The number of nitrogens with two attached hydrogens (primary N) is 1. The second-order valence-electron chi connectivity index (χ2n) is 4.97. The van der Waals surface area contributed by atoms with Crippen LogP contribution in [0, 0.1) is 0 Å². The maximum Gasteiger partial charge on any atom is 0.122 e. The van der Waals surface area contributed by atoms with E-state index in [2.05, 4.69) is 31.0 Å². The van der Waals surface area contributed by atoms with Crippen LogP contribution < -0.4 is 10.5 Å². The number of ether oxygens (including phenoxy) is 1. The van der Waals surface area contributed by atoms with Gasteiger partial charge in [0.25, 0.3) is 0 Å². The molecule has 0 saturated carbocycles. The standard InChI is InChI=1S/C15H21N3O/c1-10(2)12-7-11(5-6-14(12)19-4)15-13(8-16)17-9-18(15)3/h5-7,9-10H,8,16H2,1-4H3. The Bertz CT molecular complexity index is 573. The van der Waals surface area contributed by atoms with Gasteiger partial charge in [-0.15, -0.1) is 0 Å². The number of imidazole rings is 1. The lowest BCUT2D eigenvalue weighted by molar-refractivity contribution is 0.407. The van der Waals surface area contributed by atoms with Crippen molar-refractivity contribution in [1.29, 1.82) is 0 Å². The number of methoxy groups -OCH3 is 1. The van der Waals surface area contributed by atoms with Crippen molar-refractivity contribution in [3.8, 4) is 17.0 Å². The van der Waals surface area contributed by atoms with Gasteiger partial charge in [-0.05, 0) is 29.7 Å². The third kappa shape index (κ3) is 2.49. The van der Waals surface area contributed by atoms with Crippen LogP contribution in [0.15, 0.2) is 24.5 Å². The van der Waals surface area contributed by atoms with Crippen molar-refractivity contribution < 1.29 is 4.74 Å². The topological polar surface area (TPSA) is 53.1 Å². The summed E-state index contributed by atoms with van der Waals surface area (Å²) in [5, 5.41) is 0. The minimum absolute atomic E-state index is 0.407. The molecule has 0 radical (unpaired) electrons. The van der Waals surface area contributed by atoms with Gasteiger partial charge in [-0.2, -0.15) is 0 Å². The molecule has 1 aromatic carbocycles. The fraction of sp³-hybridized carbons (Fsp3) is 0.400. The molecule has 4 heteroatoms. The summed E-state index contributed by atoms with van der Waals surface area (Å²) in [7, 11) is 3.69. The third-order valence-electron chi connectivity index (χ3n) is 3.33. The maximum absolute atomic E-state index is 5.75. The van der Waals surface area contributed by atoms with Crippen LogP contribution in [0.5, 0.6) is 5.75 Å². The summed E-state index contributed by atoms with van der Waals surface area (Å²) >= 11 is 0. The van der Waals surface area contributed by atoms with Gasteiger partial charge in [-0.1, -0.05) is 13.8 Å². The number of aromatic nitrogens is 2. The van der Waals surface area contributed by atoms with Crippen LogP contribution in [0.25, 0.3) is 11.3 Å². The number of nitrogens with zero attached hydrogens (tertiary/aromatic N) is 2. The molecule has 0 bridgehead atoms. The number of rotatable bonds is 4. The summed E-state index contributed by atoms with van der Waals surface area (Å²) in [5.74, 6) is 1.33. The summed E-state index contributed by atoms with van der Waals surface area (Å²) in [4.78, 5) is 4.33. The Hall–Kier alpha value is -1.81. The van der Waals surface area contributed by atoms with Crippen LogP contribution in [0.1, 0.15) is 31.0 Å². The average Bonchev–Trinajstić information content (AvgIpc) is 2.79. The van der Waals surface area contributed by atoms with Gasteiger partial charge >= 0.3 is 0 Å². The Morgan fingerprint density at radius 3 is 2.68 bits per heavy atom. The molecule has 2 N–H and O–H groups in total. The second kappa shape index (κ2) is 5.45. The Morgan fingerprint density at radius 2 is 2.11 bits per heavy atom. The normalized spacial score (nSPS) is 11.1. The van der Waals surface area contributed by atoms with Crippen molar-refractivity contribution in [2.24, 2.45) is 12.8 Å². The van der Waals surface area contributed by atoms with E-state index in [1.807, 2.05) is 17.7 Å².